The van der Waals surface area contributed by atoms with Crippen LogP contribution in [0.3, 0.4) is 0 Å². The fourth-order valence-corrected chi connectivity index (χ4v) is 4.12. The van der Waals surface area contributed by atoms with Gasteiger partial charge >= 0.3 is 6.43 Å². The number of anilines is 1. The Morgan fingerprint density at radius 1 is 1.03 bits per heavy atom. The van der Waals surface area contributed by atoms with E-state index in [2.05, 4.69) is 37.8 Å². The first-order chi connectivity index (χ1) is 17.4. The monoisotopic (exact) mass is 501 g/mol. The molecule has 3 heterocycles. The maximum absolute atomic E-state index is 14.7. The fourth-order valence-electron chi connectivity index (χ4n) is 4.12. The summed E-state index contributed by atoms with van der Waals surface area (Å²) < 4.78 is 60.9. The molecule has 36 heavy (non-hydrogen) atoms. The molecule has 5 rings (SSSR count). The minimum absolute atomic E-state index is 0.0282. The van der Waals surface area contributed by atoms with Crippen LogP contribution >= 0.6 is 0 Å². The van der Waals surface area contributed by atoms with Crippen LogP contribution < -0.4 is 5.32 Å². The third kappa shape index (κ3) is 5.23. The zero-order valence-electron chi connectivity index (χ0n) is 19.3. The number of benzene rings is 2. The van der Waals surface area contributed by atoms with E-state index in [0.29, 0.717) is 17.3 Å². The predicted octanol–water partition coefficient (Wildman–Crippen LogP) is 4.77. The number of halogens is 4. The summed E-state index contributed by atoms with van der Waals surface area (Å²) in [5.41, 5.74) is 1.85. The Bertz CT molecular complexity index is 1350. The van der Waals surface area contributed by atoms with Gasteiger partial charge in [-0.3, -0.25) is 0 Å². The molecule has 0 radical (unpaired) electrons. The molecule has 4 aromatic rings. The quantitative estimate of drug-likeness (QED) is 0.366. The van der Waals surface area contributed by atoms with Gasteiger partial charge in [-0.05, 0) is 63.3 Å². The van der Waals surface area contributed by atoms with Crippen LogP contribution in [0.25, 0.3) is 22.7 Å². The molecule has 0 unspecified atom stereocenters. The van der Waals surface area contributed by atoms with Gasteiger partial charge in [0.25, 0.3) is 5.89 Å². The zero-order chi connectivity index (χ0) is 25.2. The van der Waals surface area contributed by atoms with Crippen LogP contribution in [0.1, 0.15) is 30.7 Å². The van der Waals surface area contributed by atoms with Crippen LogP contribution in [-0.2, 0) is 6.54 Å². The Balaban J connectivity index is 1.30. The molecule has 8 nitrogen and oxygen atoms in total. The summed E-state index contributed by atoms with van der Waals surface area (Å²) in [6, 6.07) is 9.17. The number of likely N-dealkylation sites (tertiary alicyclic amines) is 1. The lowest BCUT2D eigenvalue weighted by Crippen LogP contribution is -2.36. The number of alkyl halides is 2. The van der Waals surface area contributed by atoms with Gasteiger partial charge < -0.3 is 14.6 Å². The largest absolute Gasteiger partial charge is 0.415 e. The third-order valence-corrected chi connectivity index (χ3v) is 6.13. The van der Waals surface area contributed by atoms with E-state index in [0.717, 1.165) is 37.7 Å². The Hall–Kier alpha value is -3.80. The van der Waals surface area contributed by atoms with Crippen molar-refractivity contribution in [3.63, 3.8) is 0 Å². The van der Waals surface area contributed by atoms with E-state index in [9.17, 15) is 17.6 Å². The van der Waals surface area contributed by atoms with E-state index in [-0.39, 0.29) is 23.6 Å². The standard InChI is InChI=1S/C24H23F4N7O/c1-34-8-6-16(7-9-34)29-17-4-5-19(25)18(11-17)21-13-35(33-30-21)12-15-3-2-14(10-20(15)26)23-31-32-24(36-23)22(27)28/h2-5,10-11,13,16,22,29H,6-9,12H2,1H3. The van der Waals surface area contributed by atoms with Crippen molar-refractivity contribution in [2.75, 3.05) is 25.5 Å². The Morgan fingerprint density at radius 2 is 1.83 bits per heavy atom. The number of nitrogens with one attached hydrogen (secondary N) is 1. The first kappa shape index (κ1) is 23.9. The predicted molar refractivity (Wildman–Crippen MR) is 123 cm³/mol. The molecule has 1 saturated heterocycles. The Labute approximate surface area is 203 Å². The first-order valence-electron chi connectivity index (χ1n) is 11.4. The van der Waals surface area contributed by atoms with Gasteiger partial charge in [0.1, 0.15) is 17.3 Å². The molecule has 0 atom stereocenters. The van der Waals surface area contributed by atoms with Gasteiger partial charge in [0.05, 0.1) is 12.7 Å². The molecular formula is C24H23F4N7O. The van der Waals surface area contributed by atoms with Gasteiger partial charge in [-0.25, -0.2) is 13.5 Å². The highest BCUT2D eigenvalue weighted by Gasteiger charge is 2.19. The van der Waals surface area contributed by atoms with Crippen LogP contribution in [0.2, 0.25) is 0 Å². The number of hydrogen-bond acceptors (Lipinski definition) is 7. The topological polar surface area (TPSA) is 84.9 Å². The van der Waals surface area contributed by atoms with Gasteiger partial charge in [-0.2, -0.15) is 8.78 Å². The average molecular weight is 501 g/mol. The Morgan fingerprint density at radius 3 is 2.56 bits per heavy atom. The van der Waals surface area contributed by atoms with Crippen molar-refractivity contribution in [3.05, 3.63) is 65.7 Å². The van der Waals surface area contributed by atoms with Gasteiger partial charge in [0, 0.05) is 28.4 Å². The lowest BCUT2D eigenvalue weighted by Gasteiger charge is -2.30. The average Bonchev–Trinajstić information content (AvgIpc) is 3.53. The second-order valence-corrected chi connectivity index (χ2v) is 8.77. The summed E-state index contributed by atoms with van der Waals surface area (Å²) in [6.45, 7) is 2.03. The lowest BCUT2D eigenvalue weighted by molar-refractivity contribution is 0.116. The maximum atomic E-state index is 14.7. The highest BCUT2D eigenvalue weighted by Crippen LogP contribution is 2.27. The molecule has 2 aromatic carbocycles. The molecule has 0 bridgehead atoms. The minimum Gasteiger partial charge on any atom is -0.415 e. The van der Waals surface area contributed by atoms with Gasteiger partial charge in [-0.1, -0.05) is 11.3 Å². The summed E-state index contributed by atoms with van der Waals surface area (Å²) in [5, 5.41) is 18.3. The van der Waals surface area contributed by atoms with Gasteiger partial charge in [-0.15, -0.1) is 15.3 Å². The molecule has 1 aliphatic heterocycles. The highest BCUT2D eigenvalue weighted by atomic mass is 19.3. The van der Waals surface area contributed by atoms with E-state index < -0.39 is 24.0 Å². The van der Waals surface area contributed by atoms with Crippen LogP contribution in [-0.4, -0.2) is 56.3 Å². The smallest absolute Gasteiger partial charge is 0.314 e. The molecule has 12 heteroatoms. The van der Waals surface area contributed by atoms with E-state index >= 15 is 0 Å². The molecule has 0 saturated carbocycles. The molecule has 0 aliphatic carbocycles. The highest BCUT2D eigenvalue weighted by molar-refractivity contribution is 5.65. The molecular weight excluding hydrogens is 478 g/mol. The van der Waals surface area contributed by atoms with Crippen LogP contribution in [0.4, 0.5) is 23.2 Å². The summed E-state index contributed by atoms with van der Waals surface area (Å²) in [7, 11) is 2.09. The summed E-state index contributed by atoms with van der Waals surface area (Å²) in [5.74, 6) is -2.09. The molecule has 1 aliphatic rings. The maximum Gasteiger partial charge on any atom is 0.314 e. The summed E-state index contributed by atoms with van der Waals surface area (Å²) >= 11 is 0. The van der Waals surface area contributed by atoms with Crippen LogP contribution in [0, 0.1) is 11.6 Å². The second-order valence-electron chi connectivity index (χ2n) is 8.77. The van der Waals surface area contributed by atoms with Crippen LogP contribution in [0.15, 0.2) is 47.0 Å². The second kappa shape index (κ2) is 10.1. The van der Waals surface area contributed by atoms with Gasteiger partial charge in [0.15, 0.2) is 0 Å². The molecule has 1 fully saturated rings. The summed E-state index contributed by atoms with van der Waals surface area (Å²) in [4.78, 5) is 2.28. The molecule has 0 spiro atoms. The first-order valence-corrected chi connectivity index (χ1v) is 11.4. The molecule has 188 valence electrons. The number of rotatable bonds is 7. The molecule has 1 N–H and O–H groups in total. The normalized spacial score (nSPS) is 15.1. The molecule has 0 amide bonds. The van der Waals surface area contributed by atoms with Crippen molar-refractivity contribution in [1.82, 2.24) is 30.1 Å². The van der Waals surface area contributed by atoms with Gasteiger partial charge in [0.2, 0.25) is 5.89 Å². The van der Waals surface area contributed by atoms with Crippen molar-refractivity contribution >= 4 is 5.69 Å². The Kier molecular flexibility index (Phi) is 6.68. The number of hydrogen-bond donors (Lipinski definition) is 1. The van der Waals surface area contributed by atoms with Crippen molar-refractivity contribution in [3.8, 4) is 22.7 Å². The van der Waals surface area contributed by atoms with E-state index in [1.54, 1.807) is 12.1 Å². The number of aromatic nitrogens is 5. The van der Waals surface area contributed by atoms with Crippen molar-refractivity contribution in [2.24, 2.45) is 0 Å². The summed E-state index contributed by atoms with van der Waals surface area (Å²) in [6.07, 6.45) is 0.637. The lowest BCUT2D eigenvalue weighted by atomic mass is 10.0. The fraction of sp³-hybridized carbons (Fsp3) is 0.333. The van der Waals surface area contributed by atoms with Crippen molar-refractivity contribution < 1.29 is 22.0 Å². The third-order valence-electron chi connectivity index (χ3n) is 6.13. The molecule has 2 aromatic heterocycles. The van der Waals surface area contributed by atoms with E-state index in [1.165, 1.54) is 29.1 Å². The van der Waals surface area contributed by atoms with E-state index in [1.807, 2.05) is 0 Å². The minimum atomic E-state index is -2.91. The van der Waals surface area contributed by atoms with Crippen molar-refractivity contribution in [2.45, 2.75) is 31.9 Å². The van der Waals surface area contributed by atoms with Crippen molar-refractivity contribution in [1.29, 1.82) is 0 Å². The van der Waals surface area contributed by atoms with E-state index in [4.69, 9.17) is 4.42 Å². The number of nitrogens with zero attached hydrogens (tertiary/aromatic N) is 6. The zero-order valence-corrected chi connectivity index (χ0v) is 19.3. The van der Waals surface area contributed by atoms with Crippen LogP contribution in [0.5, 0.6) is 0 Å². The number of piperidine rings is 1. The SMILES string of the molecule is CN1CCC(Nc2ccc(F)c(-c3cn(Cc4ccc(-c5nnc(C(F)F)o5)cc4F)nn3)c2)CC1.